The second kappa shape index (κ2) is 15.5. The topological polar surface area (TPSA) is 184 Å². The van der Waals surface area contributed by atoms with E-state index in [-0.39, 0.29) is 41.1 Å². The van der Waals surface area contributed by atoms with Gasteiger partial charge >= 0.3 is 12.2 Å². The van der Waals surface area contributed by atoms with E-state index in [0.717, 1.165) is 89.5 Å². The van der Waals surface area contributed by atoms with Crippen molar-refractivity contribution < 1.29 is 33.4 Å². The third-order valence-corrected chi connectivity index (χ3v) is 12.3. The van der Waals surface area contributed by atoms with Crippen molar-refractivity contribution in [1.82, 2.24) is 40.4 Å². The van der Waals surface area contributed by atoms with Crippen molar-refractivity contribution in [1.29, 1.82) is 0 Å². The van der Waals surface area contributed by atoms with E-state index in [4.69, 9.17) is 24.2 Å². The molecule has 2 aromatic carbocycles. The number of likely N-dealkylation sites (tertiary alicyclic amines) is 2. The van der Waals surface area contributed by atoms with Crippen LogP contribution in [0.3, 0.4) is 0 Å². The molecule has 5 heterocycles. The number of alkyl carbamates (subject to hydrolysis) is 2. The van der Waals surface area contributed by atoms with Gasteiger partial charge in [0, 0.05) is 40.8 Å². The summed E-state index contributed by atoms with van der Waals surface area (Å²) < 4.78 is 16.2. The number of aromatic amines is 2. The first kappa shape index (κ1) is 39.0. The Hall–Kier alpha value is -5.86. The Balaban J connectivity index is 0.991. The van der Waals surface area contributed by atoms with Crippen LogP contribution in [0.1, 0.15) is 101 Å². The lowest BCUT2D eigenvalue weighted by Crippen LogP contribution is -2.51. The molecular formula is C43H52N8O7. The van der Waals surface area contributed by atoms with Crippen LogP contribution in [0.4, 0.5) is 9.59 Å². The summed E-state index contributed by atoms with van der Waals surface area (Å²) in [6.07, 6.45) is 7.61. The van der Waals surface area contributed by atoms with Gasteiger partial charge in [0.05, 0.1) is 50.1 Å². The molecule has 4 N–H and O–H groups in total. The first-order valence-electron chi connectivity index (χ1n) is 20.3. The molecule has 2 unspecified atom stereocenters. The van der Waals surface area contributed by atoms with E-state index in [1.54, 1.807) is 0 Å². The number of nitrogens with zero attached hydrogens (tertiary/aromatic N) is 4. The molecule has 58 heavy (non-hydrogen) atoms. The van der Waals surface area contributed by atoms with E-state index in [0.29, 0.717) is 18.9 Å². The van der Waals surface area contributed by atoms with Gasteiger partial charge in [-0.3, -0.25) is 9.59 Å². The zero-order valence-corrected chi connectivity index (χ0v) is 33.9. The molecule has 8 rings (SSSR count). The number of hydrogen-bond acceptors (Lipinski definition) is 9. The average molecular weight is 793 g/mol. The number of amides is 4. The highest BCUT2D eigenvalue weighted by atomic mass is 16.5. The first-order chi connectivity index (χ1) is 27.9. The van der Waals surface area contributed by atoms with Crippen LogP contribution >= 0.6 is 0 Å². The van der Waals surface area contributed by atoms with E-state index >= 15 is 0 Å². The molecule has 2 aromatic heterocycles. The van der Waals surface area contributed by atoms with Gasteiger partial charge in [-0.1, -0.05) is 39.8 Å². The highest BCUT2D eigenvalue weighted by Crippen LogP contribution is 2.62. The van der Waals surface area contributed by atoms with E-state index in [1.807, 2.05) is 62.0 Å². The number of carbonyl (C=O) groups excluding carboxylic acids is 4. The summed E-state index contributed by atoms with van der Waals surface area (Å²) in [6, 6.07) is 10.7. The lowest BCUT2D eigenvalue weighted by atomic mass is 9.83. The van der Waals surface area contributed by atoms with E-state index in [9.17, 15) is 19.2 Å². The molecule has 3 fully saturated rings. The summed E-state index contributed by atoms with van der Waals surface area (Å²) in [4.78, 5) is 71.5. The summed E-state index contributed by atoms with van der Waals surface area (Å²) in [6.45, 7) is 8.78. The number of imidazole rings is 2. The second-order valence-corrected chi connectivity index (χ2v) is 16.6. The largest absolute Gasteiger partial charge is 0.457 e. The number of aromatic nitrogens is 4. The Morgan fingerprint density at radius 3 is 1.71 bits per heavy atom. The smallest absolute Gasteiger partial charge is 0.407 e. The van der Waals surface area contributed by atoms with Crippen molar-refractivity contribution in [3.05, 3.63) is 71.6 Å². The van der Waals surface area contributed by atoms with Crippen molar-refractivity contribution in [3.8, 4) is 34.0 Å². The maximum absolute atomic E-state index is 13.7. The third kappa shape index (κ3) is 7.04. The summed E-state index contributed by atoms with van der Waals surface area (Å²) in [5.74, 6) is 2.55. The Morgan fingerprint density at radius 2 is 1.22 bits per heavy atom. The monoisotopic (exact) mass is 792 g/mol. The van der Waals surface area contributed by atoms with Crippen molar-refractivity contribution in [3.63, 3.8) is 0 Å². The normalized spacial score (nSPS) is 20.0. The number of H-pyrrole nitrogens is 2. The van der Waals surface area contributed by atoms with Crippen molar-refractivity contribution in [2.45, 2.75) is 95.8 Å². The zero-order chi connectivity index (χ0) is 40.9. The zero-order valence-electron chi connectivity index (χ0n) is 33.9. The fraction of sp³-hybridized carbons (Fsp3) is 0.488. The Labute approximate surface area is 337 Å². The Kier molecular flexibility index (Phi) is 10.4. The summed E-state index contributed by atoms with van der Waals surface area (Å²) in [5.41, 5.74) is 5.75. The van der Waals surface area contributed by atoms with Gasteiger partial charge < -0.3 is 44.6 Å². The molecule has 4 amide bonds. The highest BCUT2D eigenvalue weighted by Gasteiger charge is 2.52. The van der Waals surface area contributed by atoms with Gasteiger partial charge in [0.2, 0.25) is 11.8 Å². The van der Waals surface area contributed by atoms with Crippen LogP contribution in [0.2, 0.25) is 0 Å². The van der Waals surface area contributed by atoms with Crippen LogP contribution in [-0.2, 0) is 24.5 Å². The van der Waals surface area contributed by atoms with Crippen molar-refractivity contribution in [2.24, 2.45) is 11.8 Å². The van der Waals surface area contributed by atoms with E-state index in [2.05, 4.69) is 44.9 Å². The number of rotatable bonds is 10. The average Bonchev–Trinajstić information content (AvgIpc) is 3.78. The molecule has 1 spiro atoms. The lowest BCUT2D eigenvalue weighted by Gasteiger charge is -2.30. The molecule has 0 radical (unpaired) electrons. The highest BCUT2D eigenvalue weighted by molar-refractivity contribution is 5.87. The summed E-state index contributed by atoms with van der Waals surface area (Å²) in [7, 11) is 2.58. The first-order valence-corrected chi connectivity index (χ1v) is 20.3. The van der Waals surface area contributed by atoms with Gasteiger partial charge in [0.1, 0.15) is 35.2 Å². The van der Waals surface area contributed by atoms with E-state index < -0.39 is 24.3 Å². The second-order valence-electron chi connectivity index (χ2n) is 16.6. The van der Waals surface area contributed by atoms with Crippen LogP contribution in [0, 0.1) is 11.8 Å². The number of fused-ring (bicyclic) bond motifs is 4. The predicted molar refractivity (Wildman–Crippen MR) is 214 cm³/mol. The minimum atomic E-state index is -0.701. The van der Waals surface area contributed by atoms with Gasteiger partial charge in [-0.05, 0) is 74.6 Å². The van der Waals surface area contributed by atoms with Crippen LogP contribution < -0.4 is 15.4 Å². The Morgan fingerprint density at radius 1 is 0.724 bits per heavy atom. The van der Waals surface area contributed by atoms with Crippen molar-refractivity contribution >= 4 is 24.0 Å². The maximum atomic E-state index is 13.7. The lowest BCUT2D eigenvalue weighted by molar-refractivity contribution is -0.136. The molecule has 2 saturated heterocycles. The van der Waals surface area contributed by atoms with Crippen molar-refractivity contribution in [2.75, 3.05) is 27.3 Å². The molecule has 3 aliphatic heterocycles. The maximum Gasteiger partial charge on any atom is 0.407 e. The number of benzene rings is 2. The third-order valence-electron chi connectivity index (χ3n) is 12.3. The summed E-state index contributed by atoms with van der Waals surface area (Å²) >= 11 is 0. The molecule has 15 nitrogen and oxygen atoms in total. The Bertz CT molecular complexity index is 2220. The number of nitrogens with one attached hydrogen (secondary N) is 4. The molecule has 1 saturated carbocycles. The predicted octanol–water partition coefficient (Wildman–Crippen LogP) is 6.74. The minimum Gasteiger partial charge on any atom is -0.457 e. The number of hydrogen-bond donors (Lipinski definition) is 4. The van der Waals surface area contributed by atoms with E-state index in [1.165, 1.54) is 14.2 Å². The molecule has 4 aromatic rings. The fourth-order valence-corrected chi connectivity index (χ4v) is 8.95. The molecule has 306 valence electrons. The minimum absolute atomic E-state index is 0.114. The number of ether oxygens (including phenoxy) is 3. The van der Waals surface area contributed by atoms with Gasteiger partial charge in [-0.2, -0.15) is 0 Å². The van der Waals surface area contributed by atoms with Crippen LogP contribution in [0.25, 0.3) is 22.5 Å². The quantitative estimate of drug-likeness (QED) is 0.135. The molecule has 4 aliphatic rings. The van der Waals surface area contributed by atoms with Gasteiger partial charge in [-0.25, -0.2) is 19.6 Å². The molecule has 1 aliphatic carbocycles. The number of methoxy groups -OCH3 is 2. The SMILES string of the molecule is COC(=O)N[C@H](C(=O)N1CCCC1c1ncc(-c2ccc3c(c2)Oc2ccc(-c4cnc(C5CCCN5C(=O)[C@@H](NC(=O)OC)C(C)C)[nH]4)cc2C32CC2)[nH]1)C(C)C. The van der Waals surface area contributed by atoms with Crippen LogP contribution in [0.15, 0.2) is 48.8 Å². The van der Waals surface area contributed by atoms with Gasteiger partial charge in [0.15, 0.2) is 0 Å². The fourth-order valence-electron chi connectivity index (χ4n) is 8.95. The molecule has 4 atom stereocenters. The van der Waals surface area contributed by atoms with Gasteiger partial charge in [0.25, 0.3) is 0 Å². The van der Waals surface area contributed by atoms with Crippen LogP contribution in [-0.4, -0.2) is 93.1 Å². The summed E-state index contributed by atoms with van der Waals surface area (Å²) in [5, 5.41) is 5.42. The molecule has 15 heteroatoms. The molecular weight excluding hydrogens is 741 g/mol. The number of carbonyl (C=O) groups is 4. The molecule has 0 bridgehead atoms. The van der Waals surface area contributed by atoms with Crippen LogP contribution in [0.5, 0.6) is 11.5 Å². The van der Waals surface area contributed by atoms with Gasteiger partial charge in [-0.15, -0.1) is 0 Å². The standard InChI is InChI=1S/C43H52N8O7/c1-23(2)35(48-41(54)56-5)39(52)50-17-7-9-31(50)37-44-21-29(46-37)25-12-14-33-28(19-25)43(15-16-43)27-13-11-26(20-34(27)58-33)30-22-45-38(47-30)32-10-8-18-51(32)40(53)36(24(3)4)49-42(55)57-6/h11-14,19-24,31-32,35-36H,7-10,15-18H2,1-6H3,(H,44,46)(H,45,47)(H,48,54)(H,49,55)/t31?,32?,35-,36-/m0/s1.